The molecule has 0 unspecified atom stereocenters. The van der Waals surface area contributed by atoms with Crippen LogP contribution in [-0.4, -0.2) is 26.4 Å². The van der Waals surface area contributed by atoms with Crippen molar-refractivity contribution in [1.29, 1.82) is 0 Å². The van der Waals surface area contributed by atoms with Gasteiger partial charge in [0.25, 0.3) is 11.6 Å². The number of anilines is 1. The van der Waals surface area contributed by atoms with E-state index in [4.69, 9.17) is 4.74 Å². The van der Waals surface area contributed by atoms with Gasteiger partial charge in [-0.1, -0.05) is 0 Å². The highest BCUT2D eigenvalue weighted by atomic mass is 79.9. The summed E-state index contributed by atoms with van der Waals surface area (Å²) in [6, 6.07) is 15.2. The van der Waals surface area contributed by atoms with Gasteiger partial charge in [0.05, 0.1) is 27.4 Å². The van der Waals surface area contributed by atoms with Crippen LogP contribution in [0.5, 0.6) is 5.75 Å². The molecule has 0 aromatic heterocycles. The van der Waals surface area contributed by atoms with Gasteiger partial charge in [-0.15, -0.1) is 0 Å². The number of hydrogen-bond acceptors (Lipinski definition) is 6. The number of rotatable bonds is 6. The minimum absolute atomic E-state index is 0.00286. The van der Waals surface area contributed by atoms with Crippen molar-refractivity contribution < 1.29 is 22.9 Å². The molecule has 0 fully saturated rings. The lowest BCUT2D eigenvalue weighted by atomic mass is 10.2. The fourth-order valence-corrected chi connectivity index (χ4v) is 4.29. The summed E-state index contributed by atoms with van der Waals surface area (Å²) in [6.45, 7) is 0. The second-order valence-corrected chi connectivity index (χ2v) is 8.88. The first kappa shape index (κ1) is 21.5. The van der Waals surface area contributed by atoms with Gasteiger partial charge < -0.3 is 10.1 Å². The smallest absolute Gasteiger partial charge is 0.269 e. The fourth-order valence-electron chi connectivity index (χ4n) is 2.60. The maximum atomic E-state index is 12.7. The molecule has 3 aromatic carbocycles. The van der Waals surface area contributed by atoms with E-state index < -0.39 is 20.7 Å². The number of nitro groups is 1. The summed E-state index contributed by atoms with van der Waals surface area (Å²) in [6.07, 6.45) is 0. The Morgan fingerprint density at radius 1 is 1.00 bits per heavy atom. The van der Waals surface area contributed by atoms with Crippen LogP contribution in [0.3, 0.4) is 0 Å². The average Bonchev–Trinajstić information content (AvgIpc) is 2.74. The summed E-state index contributed by atoms with van der Waals surface area (Å²) in [4.78, 5) is 22.6. The minimum Gasteiger partial charge on any atom is -0.497 e. The maximum Gasteiger partial charge on any atom is 0.269 e. The Bertz CT molecular complexity index is 1210. The average molecular weight is 491 g/mol. The zero-order chi connectivity index (χ0) is 21.9. The fraction of sp³-hybridized carbons (Fsp3) is 0.0500. The van der Waals surface area contributed by atoms with Crippen LogP contribution in [0.4, 0.5) is 11.4 Å². The van der Waals surface area contributed by atoms with Crippen LogP contribution in [0, 0.1) is 10.1 Å². The summed E-state index contributed by atoms with van der Waals surface area (Å²) in [5.41, 5.74) is 0.560. The van der Waals surface area contributed by atoms with Crippen LogP contribution >= 0.6 is 15.9 Å². The third kappa shape index (κ3) is 4.50. The molecule has 0 heterocycles. The summed E-state index contributed by atoms with van der Waals surface area (Å²) >= 11 is 3.31. The Morgan fingerprint density at radius 3 is 2.10 bits per heavy atom. The summed E-state index contributed by atoms with van der Waals surface area (Å²) < 4.78 is 31.1. The van der Waals surface area contributed by atoms with Crippen molar-refractivity contribution in [2.45, 2.75) is 9.79 Å². The second-order valence-electron chi connectivity index (χ2n) is 6.08. The molecule has 8 nitrogen and oxygen atoms in total. The molecule has 3 aromatic rings. The van der Waals surface area contributed by atoms with Gasteiger partial charge in [0.1, 0.15) is 5.75 Å². The number of hydrogen-bond donors (Lipinski definition) is 1. The van der Waals surface area contributed by atoms with Crippen molar-refractivity contribution in [2.75, 3.05) is 12.4 Å². The van der Waals surface area contributed by atoms with Crippen molar-refractivity contribution in [3.8, 4) is 5.75 Å². The molecule has 0 saturated carbocycles. The lowest BCUT2D eigenvalue weighted by Gasteiger charge is -2.10. The molecule has 0 spiro atoms. The van der Waals surface area contributed by atoms with Gasteiger partial charge in [-0.3, -0.25) is 14.9 Å². The number of sulfone groups is 1. The van der Waals surface area contributed by atoms with Gasteiger partial charge in [-0.25, -0.2) is 8.42 Å². The van der Waals surface area contributed by atoms with Crippen LogP contribution in [0.1, 0.15) is 10.4 Å². The third-order valence-corrected chi connectivity index (χ3v) is 6.68. The highest BCUT2D eigenvalue weighted by Crippen LogP contribution is 2.26. The van der Waals surface area contributed by atoms with Crippen molar-refractivity contribution >= 4 is 43.0 Å². The third-order valence-electron chi connectivity index (χ3n) is 4.20. The van der Waals surface area contributed by atoms with E-state index in [2.05, 4.69) is 21.2 Å². The van der Waals surface area contributed by atoms with Crippen molar-refractivity contribution in [1.82, 2.24) is 0 Å². The highest BCUT2D eigenvalue weighted by Gasteiger charge is 2.19. The SMILES string of the molecule is COc1ccc(Br)c(C(=O)Nc2ccc(S(=O)(=O)c3ccc([N+](=O)[O-])cc3)cc2)c1. The number of carbonyl (C=O) groups is 1. The molecule has 0 atom stereocenters. The zero-order valence-electron chi connectivity index (χ0n) is 15.5. The summed E-state index contributed by atoms with van der Waals surface area (Å²) in [5, 5.41) is 13.4. The lowest BCUT2D eigenvalue weighted by molar-refractivity contribution is -0.384. The molecule has 30 heavy (non-hydrogen) atoms. The monoisotopic (exact) mass is 490 g/mol. The van der Waals surface area contributed by atoms with Crippen LogP contribution in [0.15, 0.2) is 81.0 Å². The quantitative estimate of drug-likeness (QED) is 0.403. The van der Waals surface area contributed by atoms with Gasteiger partial charge in [-0.2, -0.15) is 0 Å². The highest BCUT2D eigenvalue weighted by molar-refractivity contribution is 9.10. The molecule has 0 aliphatic rings. The molecule has 0 aliphatic heterocycles. The van der Waals surface area contributed by atoms with E-state index in [1.807, 2.05) is 0 Å². The Morgan fingerprint density at radius 2 is 1.57 bits per heavy atom. The Labute approximate surface area is 180 Å². The van der Waals surface area contributed by atoms with Crippen molar-refractivity contribution in [2.24, 2.45) is 0 Å². The Kier molecular flexibility index (Phi) is 6.18. The van der Waals surface area contributed by atoms with Gasteiger partial charge in [0.15, 0.2) is 0 Å². The molecule has 10 heteroatoms. The van der Waals surface area contributed by atoms with Crippen LogP contribution in [0.25, 0.3) is 0 Å². The molecule has 1 amide bonds. The van der Waals surface area contributed by atoms with Crippen LogP contribution < -0.4 is 10.1 Å². The molecule has 3 rings (SSSR count). The number of ether oxygens (including phenoxy) is 1. The zero-order valence-corrected chi connectivity index (χ0v) is 17.9. The molecular formula is C20H15BrN2O6S. The van der Waals surface area contributed by atoms with Crippen LogP contribution in [-0.2, 0) is 9.84 Å². The van der Waals surface area contributed by atoms with Crippen LogP contribution in [0.2, 0.25) is 0 Å². The number of amides is 1. The Balaban J connectivity index is 1.80. The van der Waals surface area contributed by atoms with E-state index in [0.29, 0.717) is 21.5 Å². The van der Waals surface area contributed by atoms with Crippen molar-refractivity contribution in [3.63, 3.8) is 0 Å². The summed E-state index contributed by atoms with van der Waals surface area (Å²) in [5.74, 6) is 0.125. The summed E-state index contributed by atoms with van der Waals surface area (Å²) in [7, 11) is -2.36. The second kappa shape index (κ2) is 8.64. The molecule has 0 aliphatic carbocycles. The molecular weight excluding hydrogens is 476 g/mol. The molecule has 0 radical (unpaired) electrons. The maximum absolute atomic E-state index is 12.7. The topological polar surface area (TPSA) is 116 Å². The van der Waals surface area contributed by atoms with E-state index in [1.54, 1.807) is 18.2 Å². The molecule has 1 N–H and O–H groups in total. The van der Waals surface area contributed by atoms with Gasteiger partial charge in [0.2, 0.25) is 9.84 Å². The van der Waals surface area contributed by atoms with E-state index >= 15 is 0 Å². The van der Waals surface area contributed by atoms with Gasteiger partial charge in [-0.05, 0) is 70.5 Å². The number of nitrogens with one attached hydrogen (secondary N) is 1. The predicted molar refractivity (Wildman–Crippen MR) is 114 cm³/mol. The first-order valence-corrected chi connectivity index (χ1v) is 10.7. The predicted octanol–water partition coefficient (Wildman–Crippen LogP) is 4.45. The van der Waals surface area contributed by atoms with Gasteiger partial charge >= 0.3 is 0 Å². The Hall–Kier alpha value is -3.24. The van der Waals surface area contributed by atoms with E-state index in [1.165, 1.54) is 43.5 Å². The molecule has 0 saturated heterocycles. The number of benzene rings is 3. The van der Waals surface area contributed by atoms with Crippen molar-refractivity contribution in [3.05, 3.63) is 86.9 Å². The van der Waals surface area contributed by atoms with E-state index in [0.717, 1.165) is 12.1 Å². The number of nitrogens with zero attached hydrogens (tertiary/aromatic N) is 1. The molecule has 154 valence electrons. The van der Waals surface area contributed by atoms with E-state index in [9.17, 15) is 23.3 Å². The number of methoxy groups -OCH3 is 1. The molecule has 0 bridgehead atoms. The minimum atomic E-state index is -3.85. The van der Waals surface area contributed by atoms with E-state index in [-0.39, 0.29) is 15.5 Å². The standard InChI is InChI=1S/C20H15BrN2O6S/c1-29-15-6-11-19(21)18(12-15)20(24)22-13-2-7-16(8-3-13)30(27,28)17-9-4-14(5-10-17)23(25)26/h2-12H,1H3,(H,22,24). The number of carbonyl (C=O) groups excluding carboxylic acids is 1. The lowest BCUT2D eigenvalue weighted by Crippen LogP contribution is -2.13. The number of nitro benzene ring substituents is 1. The largest absolute Gasteiger partial charge is 0.497 e. The first-order chi connectivity index (χ1) is 14.2. The number of non-ortho nitro benzene ring substituents is 1. The number of halogens is 1. The van der Waals surface area contributed by atoms with Gasteiger partial charge in [0, 0.05) is 22.3 Å². The normalized spacial score (nSPS) is 11.0. The first-order valence-electron chi connectivity index (χ1n) is 8.47.